The molecule has 0 unspecified atom stereocenters. The maximum Gasteiger partial charge on any atom is 0.230 e. The summed E-state index contributed by atoms with van der Waals surface area (Å²) in [5.41, 5.74) is 0. The highest BCUT2D eigenvalue weighted by molar-refractivity contribution is 7.89. The fourth-order valence-corrected chi connectivity index (χ4v) is 3.79. The standard InChI is InChI=1S/C13H21N5O4S/c19-12(18-4-3-14-23(20,21)8-5-18)9-11-15-13(17-16-11)10-1-6-22-7-2-10/h10,14H,1-9H2,(H,15,16,17). The van der Waals surface area contributed by atoms with E-state index < -0.39 is 10.0 Å². The molecule has 0 bridgehead atoms. The average Bonchev–Trinajstić information content (AvgIpc) is 2.91. The molecular formula is C13H21N5O4S. The Hall–Kier alpha value is -1.52. The molecule has 2 saturated heterocycles. The van der Waals surface area contributed by atoms with Gasteiger partial charge in [-0.15, -0.1) is 0 Å². The van der Waals surface area contributed by atoms with E-state index in [4.69, 9.17) is 4.74 Å². The molecule has 1 amide bonds. The van der Waals surface area contributed by atoms with Gasteiger partial charge in [-0.1, -0.05) is 0 Å². The molecule has 1 aromatic rings. The molecule has 0 saturated carbocycles. The zero-order valence-corrected chi connectivity index (χ0v) is 13.6. The molecular weight excluding hydrogens is 322 g/mol. The summed E-state index contributed by atoms with van der Waals surface area (Å²) in [7, 11) is -3.26. The average molecular weight is 343 g/mol. The normalized spacial score (nSPS) is 22.7. The summed E-state index contributed by atoms with van der Waals surface area (Å²) >= 11 is 0. The second kappa shape index (κ2) is 6.93. The fraction of sp³-hybridized carbons (Fsp3) is 0.769. The van der Waals surface area contributed by atoms with Crippen LogP contribution in [0, 0.1) is 0 Å². The Morgan fingerprint density at radius 3 is 2.87 bits per heavy atom. The summed E-state index contributed by atoms with van der Waals surface area (Å²) in [6.07, 6.45) is 1.89. The SMILES string of the molecule is O=C(Cc1nc(C2CCOCC2)n[nH]1)N1CCNS(=O)(=O)CC1. The Bertz CT molecular complexity index is 653. The van der Waals surface area contributed by atoms with E-state index in [1.54, 1.807) is 4.90 Å². The van der Waals surface area contributed by atoms with Crippen LogP contribution in [0.15, 0.2) is 0 Å². The Labute approximate surface area is 134 Å². The van der Waals surface area contributed by atoms with Crippen LogP contribution >= 0.6 is 0 Å². The summed E-state index contributed by atoms with van der Waals surface area (Å²) in [6, 6.07) is 0. The molecule has 9 nitrogen and oxygen atoms in total. The summed E-state index contributed by atoms with van der Waals surface area (Å²) in [4.78, 5) is 18.3. The van der Waals surface area contributed by atoms with Crippen LogP contribution in [0.2, 0.25) is 0 Å². The molecule has 10 heteroatoms. The monoisotopic (exact) mass is 343 g/mol. The molecule has 128 valence electrons. The Morgan fingerprint density at radius 2 is 2.09 bits per heavy atom. The number of aromatic amines is 1. The quantitative estimate of drug-likeness (QED) is 0.727. The van der Waals surface area contributed by atoms with Crippen molar-refractivity contribution in [3.8, 4) is 0 Å². The lowest BCUT2D eigenvalue weighted by Crippen LogP contribution is -2.36. The molecule has 2 fully saturated rings. The van der Waals surface area contributed by atoms with Crippen LogP contribution in [0.3, 0.4) is 0 Å². The number of ether oxygens (including phenoxy) is 1. The predicted octanol–water partition coefficient (Wildman–Crippen LogP) is -0.997. The van der Waals surface area contributed by atoms with Gasteiger partial charge in [-0.2, -0.15) is 5.10 Å². The minimum atomic E-state index is -3.26. The van der Waals surface area contributed by atoms with Crippen LogP contribution in [0.4, 0.5) is 0 Å². The molecule has 0 aliphatic carbocycles. The van der Waals surface area contributed by atoms with E-state index in [1.165, 1.54) is 0 Å². The van der Waals surface area contributed by atoms with Gasteiger partial charge < -0.3 is 9.64 Å². The van der Waals surface area contributed by atoms with Gasteiger partial charge in [-0.3, -0.25) is 9.89 Å². The van der Waals surface area contributed by atoms with Gasteiger partial charge in [0.1, 0.15) is 5.82 Å². The molecule has 1 aromatic heterocycles. The third kappa shape index (κ3) is 4.27. The van der Waals surface area contributed by atoms with Gasteiger partial charge in [0, 0.05) is 38.8 Å². The van der Waals surface area contributed by atoms with E-state index in [2.05, 4.69) is 19.9 Å². The largest absolute Gasteiger partial charge is 0.381 e. The second-order valence-electron chi connectivity index (χ2n) is 5.80. The van der Waals surface area contributed by atoms with E-state index in [0.29, 0.717) is 25.6 Å². The highest BCUT2D eigenvalue weighted by Crippen LogP contribution is 2.23. The number of rotatable bonds is 3. The second-order valence-corrected chi connectivity index (χ2v) is 7.72. The van der Waals surface area contributed by atoms with Gasteiger partial charge in [0.05, 0.1) is 12.2 Å². The number of sulfonamides is 1. The molecule has 3 rings (SSSR count). The highest BCUT2D eigenvalue weighted by atomic mass is 32.2. The highest BCUT2D eigenvalue weighted by Gasteiger charge is 2.24. The number of nitrogens with one attached hydrogen (secondary N) is 2. The van der Waals surface area contributed by atoms with E-state index in [1.807, 2.05) is 0 Å². The van der Waals surface area contributed by atoms with Crippen LogP contribution in [0.5, 0.6) is 0 Å². The first-order valence-corrected chi connectivity index (χ1v) is 9.43. The zero-order valence-electron chi connectivity index (χ0n) is 12.8. The van der Waals surface area contributed by atoms with Gasteiger partial charge in [0.15, 0.2) is 5.82 Å². The summed E-state index contributed by atoms with van der Waals surface area (Å²) in [5, 5.41) is 7.03. The Balaban J connectivity index is 1.58. The summed E-state index contributed by atoms with van der Waals surface area (Å²) < 4.78 is 30.7. The number of carbonyl (C=O) groups is 1. The van der Waals surface area contributed by atoms with Gasteiger partial charge in [0.25, 0.3) is 0 Å². The smallest absolute Gasteiger partial charge is 0.230 e. The van der Waals surface area contributed by atoms with Crippen LogP contribution in [-0.2, 0) is 26.0 Å². The van der Waals surface area contributed by atoms with E-state index in [-0.39, 0.29) is 37.1 Å². The number of carbonyl (C=O) groups excluding carboxylic acids is 1. The summed E-state index contributed by atoms with van der Waals surface area (Å²) in [5.74, 6) is 1.32. The minimum Gasteiger partial charge on any atom is -0.381 e. The topological polar surface area (TPSA) is 117 Å². The number of hydrogen-bond acceptors (Lipinski definition) is 6. The van der Waals surface area contributed by atoms with Gasteiger partial charge in [0.2, 0.25) is 15.9 Å². The lowest BCUT2D eigenvalue weighted by Gasteiger charge is -2.19. The molecule has 2 N–H and O–H groups in total. The third-order valence-corrected chi connectivity index (χ3v) is 5.50. The van der Waals surface area contributed by atoms with E-state index >= 15 is 0 Å². The minimum absolute atomic E-state index is 0.0670. The first-order chi connectivity index (χ1) is 11.0. The van der Waals surface area contributed by atoms with Crippen molar-refractivity contribution < 1.29 is 17.9 Å². The molecule has 2 aliphatic rings. The van der Waals surface area contributed by atoms with E-state index in [0.717, 1.165) is 18.7 Å². The van der Waals surface area contributed by atoms with Crippen molar-refractivity contribution in [2.24, 2.45) is 0 Å². The third-order valence-electron chi connectivity index (χ3n) is 4.14. The van der Waals surface area contributed by atoms with Crippen molar-refractivity contribution in [2.45, 2.75) is 25.2 Å². The fourth-order valence-electron chi connectivity index (χ4n) is 2.78. The number of H-pyrrole nitrogens is 1. The van der Waals surface area contributed by atoms with Gasteiger partial charge in [-0.05, 0) is 12.8 Å². The van der Waals surface area contributed by atoms with Crippen LogP contribution in [0.25, 0.3) is 0 Å². The molecule has 0 radical (unpaired) electrons. The Morgan fingerprint density at radius 1 is 1.30 bits per heavy atom. The van der Waals surface area contributed by atoms with Gasteiger partial charge >= 0.3 is 0 Å². The number of amides is 1. The van der Waals surface area contributed by atoms with Crippen LogP contribution < -0.4 is 4.72 Å². The van der Waals surface area contributed by atoms with Gasteiger partial charge in [-0.25, -0.2) is 18.1 Å². The van der Waals surface area contributed by atoms with Crippen LogP contribution in [0.1, 0.15) is 30.4 Å². The van der Waals surface area contributed by atoms with Crippen molar-refractivity contribution in [1.29, 1.82) is 0 Å². The molecule has 0 spiro atoms. The van der Waals surface area contributed by atoms with Crippen molar-refractivity contribution in [2.75, 3.05) is 38.6 Å². The van der Waals surface area contributed by atoms with E-state index in [9.17, 15) is 13.2 Å². The lowest BCUT2D eigenvalue weighted by atomic mass is 10.00. The first kappa shape index (κ1) is 16.3. The summed E-state index contributed by atoms with van der Waals surface area (Å²) in [6.45, 7) is 2.25. The molecule has 0 atom stereocenters. The number of aromatic nitrogens is 3. The molecule has 0 aromatic carbocycles. The molecule has 3 heterocycles. The number of hydrogen-bond donors (Lipinski definition) is 2. The first-order valence-electron chi connectivity index (χ1n) is 7.77. The Kier molecular flexibility index (Phi) is 4.93. The van der Waals surface area contributed by atoms with Crippen molar-refractivity contribution >= 4 is 15.9 Å². The van der Waals surface area contributed by atoms with Crippen LogP contribution in [-0.4, -0.2) is 73.0 Å². The van der Waals surface area contributed by atoms with Crippen molar-refractivity contribution in [1.82, 2.24) is 24.8 Å². The maximum absolute atomic E-state index is 12.3. The molecule has 2 aliphatic heterocycles. The zero-order chi connectivity index (χ0) is 16.3. The number of nitrogens with zero attached hydrogens (tertiary/aromatic N) is 3. The van der Waals surface area contributed by atoms with Crippen molar-refractivity contribution in [3.63, 3.8) is 0 Å². The molecule has 23 heavy (non-hydrogen) atoms. The van der Waals surface area contributed by atoms with Crippen molar-refractivity contribution in [3.05, 3.63) is 11.6 Å². The predicted molar refractivity (Wildman–Crippen MR) is 81.3 cm³/mol. The lowest BCUT2D eigenvalue weighted by molar-refractivity contribution is -0.130. The maximum atomic E-state index is 12.3.